The molecule has 0 unspecified atom stereocenters. The number of hydrogen-bond acceptors (Lipinski definition) is 6. The molecule has 1 aromatic carbocycles. The zero-order valence-corrected chi connectivity index (χ0v) is 11.8. The predicted molar refractivity (Wildman–Crippen MR) is 72.3 cm³/mol. The summed E-state index contributed by atoms with van der Waals surface area (Å²) >= 11 is 0. The van der Waals surface area contributed by atoms with E-state index >= 15 is 0 Å². The summed E-state index contributed by atoms with van der Waals surface area (Å²) in [5, 5.41) is 23.3. The minimum Gasteiger partial charge on any atom is -0.504 e. The van der Waals surface area contributed by atoms with Crippen LogP contribution in [0.5, 0.6) is 11.5 Å². The lowest BCUT2D eigenvalue weighted by molar-refractivity contribution is -0.0306. The minimum atomic E-state index is -0.603. The Balaban J connectivity index is 2.45. The molecule has 2 aromatic rings. The molecule has 6 nitrogen and oxygen atoms in total. The average Bonchev–Trinajstić information content (AvgIpc) is 2.95. The number of methoxy groups -OCH3 is 1. The van der Waals surface area contributed by atoms with Crippen molar-refractivity contribution in [3.8, 4) is 23.0 Å². The van der Waals surface area contributed by atoms with Gasteiger partial charge in [0.2, 0.25) is 5.82 Å². The molecule has 0 atom stereocenters. The fraction of sp³-hybridized carbons (Fsp3) is 0.429. The van der Waals surface area contributed by atoms with Crippen molar-refractivity contribution in [1.82, 2.24) is 10.1 Å². The van der Waals surface area contributed by atoms with Crippen molar-refractivity contribution in [2.75, 3.05) is 7.11 Å². The Morgan fingerprint density at radius 2 is 1.95 bits per heavy atom. The molecule has 0 saturated heterocycles. The SMILES string of the molecule is CCC(CC)(OC)c1noc(-c2cccc(O)c2O)n1. The number of para-hydroxylation sites is 1. The van der Waals surface area contributed by atoms with E-state index in [9.17, 15) is 10.2 Å². The highest BCUT2D eigenvalue weighted by molar-refractivity contribution is 5.66. The van der Waals surface area contributed by atoms with Crippen LogP contribution in [-0.2, 0) is 10.3 Å². The summed E-state index contributed by atoms with van der Waals surface area (Å²) in [6.07, 6.45) is 1.40. The summed E-state index contributed by atoms with van der Waals surface area (Å²) in [6, 6.07) is 4.57. The lowest BCUT2D eigenvalue weighted by atomic mass is 9.96. The van der Waals surface area contributed by atoms with Crippen molar-refractivity contribution in [2.45, 2.75) is 32.3 Å². The van der Waals surface area contributed by atoms with Gasteiger partial charge < -0.3 is 19.5 Å². The maximum Gasteiger partial charge on any atom is 0.261 e. The summed E-state index contributed by atoms with van der Waals surface area (Å²) in [7, 11) is 1.61. The topological polar surface area (TPSA) is 88.6 Å². The van der Waals surface area contributed by atoms with E-state index in [1.165, 1.54) is 6.07 Å². The van der Waals surface area contributed by atoms with Crippen LogP contribution in [0.15, 0.2) is 22.7 Å². The van der Waals surface area contributed by atoms with Crippen LogP contribution in [0.2, 0.25) is 0 Å². The fourth-order valence-electron chi connectivity index (χ4n) is 2.17. The van der Waals surface area contributed by atoms with Crippen molar-refractivity contribution >= 4 is 0 Å². The van der Waals surface area contributed by atoms with Crippen molar-refractivity contribution in [3.63, 3.8) is 0 Å². The first-order chi connectivity index (χ1) is 9.57. The lowest BCUT2D eigenvalue weighted by Gasteiger charge is -2.25. The number of phenols is 2. The molecule has 20 heavy (non-hydrogen) atoms. The normalized spacial score (nSPS) is 11.8. The van der Waals surface area contributed by atoms with E-state index in [2.05, 4.69) is 10.1 Å². The highest BCUT2D eigenvalue weighted by Crippen LogP contribution is 2.37. The smallest absolute Gasteiger partial charge is 0.261 e. The van der Waals surface area contributed by atoms with E-state index in [4.69, 9.17) is 9.26 Å². The highest BCUT2D eigenvalue weighted by Gasteiger charge is 2.34. The number of aromatic hydroxyl groups is 2. The molecule has 0 aliphatic heterocycles. The zero-order chi connectivity index (χ0) is 14.8. The molecule has 0 saturated carbocycles. The molecule has 0 fully saturated rings. The van der Waals surface area contributed by atoms with Gasteiger partial charge in [0.15, 0.2) is 11.5 Å². The number of aromatic nitrogens is 2. The molecule has 2 rings (SSSR count). The first kappa shape index (κ1) is 14.3. The van der Waals surface area contributed by atoms with Crippen molar-refractivity contribution < 1.29 is 19.5 Å². The van der Waals surface area contributed by atoms with Gasteiger partial charge in [-0.1, -0.05) is 25.1 Å². The summed E-state index contributed by atoms with van der Waals surface area (Å²) in [4.78, 5) is 4.29. The molecule has 108 valence electrons. The van der Waals surface area contributed by atoms with Crippen molar-refractivity contribution in [1.29, 1.82) is 0 Å². The van der Waals surface area contributed by atoms with Crippen LogP contribution in [0.4, 0.5) is 0 Å². The van der Waals surface area contributed by atoms with Crippen LogP contribution in [0, 0.1) is 0 Å². The van der Waals surface area contributed by atoms with Crippen LogP contribution in [-0.4, -0.2) is 27.5 Å². The van der Waals surface area contributed by atoms with Crippen LogP contribution in [0.1, 0.15) is 32.5 Å². The second-order valence-electron chi connectivity index (χ2n) is 4.50. The quantitative estimate of drug-likeness (QED) is 0.817. The van der Waals surface area contributed by atoms with Gasteiger partial charge in [0.05, 0.1) is 5.56 Å². The van der Waals surface area contributed by atoms with Gasteiger partial charge in [-0.15, -0.1) is 0 Å². The third-order valence-corrected chi connectivity index (χ3v) is 3.61. The molecule has 0 aliphatic rings. The van der Waals surface area contributed by atoms with Gasteiger partial charge in [-0.2, -0.15) is 4.98 Å². The monoisotopic (exact) mass is 278 g/mol. The molecular formula is C14H18N2O4. The van der Waals surface area contributed by atoms with E-state index < -0.39 is 5.60 Å². The molecule has 2 N–H and O–H groups in total. The third-order valence-electron chi connectivity index (χ3n) is 3.61. The molecule has 1 heterocycles. The van der Waals surface area contributed by atoms with Gasteiger partial charge in [0.25, 0.3) is 5.89 Å². The number of nitrogens with zero attached hydrogens (tertiary/aromatic N) is 2. The summed E-state index contributed by atoms with van der Waals surface area (Å²) < 4.78 is 10.7. The molecular weight excluding hydrogens is 260 g/mol. The highest BCUT2D eigenvalue weighted by atomic mass is 16.5. The van der Waals surface area contributed by atoms with E-state index in [0.717, 1.165) is 0 Å². The third kappa shape index (κ3) is 2.22. The van der Waals surface area contributed by atoms with Crippen molar-refractivity contribution in [3.05, 3.63) is 24.0 Å². The molecule has 0 bridgehead atoms. The van der Waals surface area contributed by atoms with Crippen LogP contribution in [0.3, 0.4) is 0 Å². The van der Waals surface area contributed by atoms with E-state index in [0.29, 0.717) is 24.2 Å². The maximum atomic E-state index is 9.83. The molecule has 6 heteroatoms. The molecule has 0 radical (unpaired) electrons. The van der Waals surface area contributed by atoms with Crippen molar-refractivity contribution in [2.24, 2.45) is 0 Å². The van der Waals surface area contributed by atoms with Gasteiger partial charge >= 0.3 is 0 Å². The summed E-state index contributed by atoms with van der Waals surface area (Å²) in [5.41, 5.74) is -0.310. The van der Waals surface area contributed by atoms with Gasteiger partial charge in [-0.05, 0) is 25.0 Å². The standard InChI is InChI=1S/C14H18N2O4/c1-4-14(5-2,19-3)13-15-12(20-16-13)9-7-6-8-10(17)11(9)18/h6-8,17-18H,4-5H2,1-3H3. The number of benzene rings is 1. The maximum absolute atomic E-state index is 9.83. The van der Waals surface area contributed by atoms with Gasteiger partial charge in [-0.3, -0.25) is 0 Å². The molecule has 0 spiro atoms. The molecule has 1 aromatic heterocycles. The Bertz CT molecular complexity index is 582. The predicted octanol–water partition coefficient (Wildman–Crippen LogP) is 2.81. The largest absolute Gasteiger partial charge is 0.504 e. The van der Waals surface area contributed by atoms with Crippen LogP contribution < -0.4 is 0 Å². The van der Waals surface area contributed by atoms with Crippen LogP contribution in [0.25, 0.3) is 11.5 Å². The van der Waals surface area contributed by atoms with E-state index in [-0.39, 0.29) is 17.4 Å². The van der Waals surface area contributed by atoms with Crippen LogP contribution >= 0.6 is 0 Å². The average molecular weight is 278 g/mol. The first-order valence-corrected chi connectivity index (χ1v) is 6.48. The van der Waals surface area contributed by atoms with Gasteiger partial charge in [-0.25, -0.2) is 0 Å². The van der Waals surface area contributed by atoms with Gasteiger partial charge in [0, 0.05) is 7.11 Å². The van der Waals surface area contributed by atoms with E-state index in [1.54, 1.807) is 19.2 Å². The zero-order valence-electron chi connectivity index (χ0n) is 11.8. The molecule has 0 aliphatic carbocycles. The Labute approximate surface area is 117 Å². The fourth-order valence-corrected chi connectivity index (χ4v) is 2.17. The van der Waals surface area contributed by atoms with Gasteiger partial charge in [0.1, 0.15) is 5.60 Å². The Morgan fingerprint density at radius 1 is 1.25 bits per heavy atom. The first-order valence-electron chi connectivity index (χ1n) is 6.48. The number of ether oxygens (including phenoxy) is 1. The summed E-state index contributed by atoms with van der Waals surface area (Å²) in [6.45, 7) is 3.96. The Kier molecular flexibility index (Phi) is 3.94. The minimum absolute atomic E-state index is 0.150. The second kappa shape index (κ2) is 5.50. The number of hydrogen-bond donors (Lipinski definition) is 2. The number of rotatable bonds is 5. The second-order valence-corrected chi connectivity index (χ2v) is 4.50. The summed E-state index contributed by atoms with van der Waals surface area (Å²) in [5.74, 6) is 0.0735. The Hall–Kier alpha value is -2.08. The van der Waals surface area contributed by atoms with E-state index in [1.807, 2.05) is 13.8 Å². The lowest BCUT2D eigenvalue weighted by Crippen LogP contribution is -2.28. The Morgan fingerprint density at radius 3 is 2.55 bits per heavy atom. The number of phenolic OH excluding ortho intramolecular Hbond substituents is 2. The molecule has 0 amide bonds.